The molecule has 0 unspecified atom stereocenters. The highest BCUT2D eigenvalue weighted by Gasteiger charge is 2.30. The fraction of sp³-hybridized carbons (Fsp3) is 0.150. The van der Waals surface area contributed by atoms with Crippen molar-refractivity contribution in [1.82, 2.24) is 5.43 Å². The van der Waals surface area contributed by atoms with E-state index in [0.717, 1.165) is 34.8 Å². The number of carbonyl (C=O) groups excluding carboxylic acids is 2. The molecule has 6 nitrogen and oxygen atoms in total. The molecule has 0 fully saturated rings. The standard InChI is InChI=1S/C20H15F3N2O4S2/c1-10(24-25-18(27)14-7-8-15(31-14)19(28)29-2)13-9-30-17(16(13)26)11-3-5-12(6-4-11)20(21,22)23/h3-9,26H,1-2H3,(H,25,27)/b24-10+. The molecule has 3 aromatic rings. The van der Waals surface area contributed by atoms with Crippen molar-refractivity contribution in [3.8, 4) is 16.2 Å². The number of rotatable bonds is 5. The first-order valence-corrected chi connectivity index (χ1v) is 10.3. The molecule has 0 atom stereocenters. The maximum absolute atomic E-state index is 12.7. The topological polar surface area (TPSA) is 88.0 Å². The Hall–Kier alpha value is -3.18. The lowest BCUT2D eigenvalue weighted by Crippen LogP contribution is -2.18. The highest BCUT2D eigenvalue weighted by molar-refractivity contribution is 7.16. The number of carbonyl (C=O) groups is 2. The molecule has 0 saturated carbocycles. The summed E-state index contributed by atoms with van der Waals surface area (Å²) in [7, 11) is 1.24. The Morgan fingerprint density at radius 1 is 1.10 bits per heavy atom. The highest BCUT2D eigenvalue weighted by Crippen LogP contribution is 2.40. The van der Waals surface area contributed by atoms with Crippen LogP contribution in [0.5, 0.6) is 5.75 Å². The maximum Gasteiger partial charge on any atom is 0.416 e. The van der Waals surface area contributed by atoms with Crippen molar-refractivity contribution < 1.29 is 32.6 Å². The number of ether oxygens (including phenoxy) is 1. The largest absolute Gasteiger partial charge is 0.506 e. The summed E-state index contributed by atoms with van der Waals surface area (Å²) in [4.78, 5) is 24.6. The van der Waals surface area contributed by atoms with Gasteiger partial charge in [0.2, 0.25) is 0 Å². The van der Waals surface area contributed by atoms with Crippen LogP contribution in [-0.2, 0) is 10.9 Å². The van der Waals surface area contributed by atoms with E-state index in [0.29, 0.717) is 21.7 Å². The number of halogens is 3. The summed E-state index contributed by atoms with van der Waals surface area (Å²) >= 11 is 2.08. The van der Waals surface area contributed by atoms with Gasteiger partial charge >= 0.3 is 12.1 Å². The molecule has 0 saturated heterocycles. The first kappa shape index (κ1) is 22.5. The number of benzene rings is 1. The molecule has 0 aliphatic rings. The van der Waals surface area contributed by atoms with Gasteiger partial charge in [0.25, 0.3) is 5.91 Å². The number of hydrazone groups is 1. The maximum atomic E-state index is 12.7. The minimum absolute atomic E-state index is 0.149. The van der Waals surface area contributed by atoms with Crippen LogP contribution < -0.4 is 5.43 Å². The van der Waals surface area contributed by atoms with E-state index in [9.17, 15) is 27.9 Å². The van der Waals surface area contributed by atoms with Crippen LogP contribution in [0.2, 0.25) is 0 Å². The highest BCUT2D eigenvalue weighted by atomic mass is 32.1. The molecule has 0 radical (unpaired) electrons. The summed E-state index contributed by atoms with van der Waals surface area (Å²) in [5, 5.41) is 16.1. The fourth-order valence-electron chi connectivity index (χ4n) is 2.54. The van der Waals surface area contributed by atoms with Gasteiger partial charge in [0.1, 0.15) is 10.6 Å². The molecule has 162 valence electrons. The lowest BCUT2D eigenvalue weighted by Gasteiger charge is -2.07. The van der Waals surface area contributed by atoms with Crippen LogP contribution in [-0.4, -0.2) is 29.8 Å². The summed E-state index contributed by atoms with van der Waals surface area (Å²) in [5.41, 5.74) is 2.62. The van der Waals surface area contributed by atoms with E-state index in [-0.39, 0.29) is 15.5 Å². The van der Waals surface area contributed by atoms with Crippen LogP contribution in [0.15, 0.2) is 46.9 Å². The van der Waals surface area contributed by atoms with Gasteiger partial charge in [-0.2, -0.15) is 18.3 Å². The van der Waals surface area contributed by atoms with Crippen molar-refractivity contribution in [2.45, 2.75) is 13.1 Å². The molecule has 0 bridgehead atoms. The van der Waals surface area contributed by atoms with Crippen LogP contribution in [0, 0.1) is 0 Å². The number of thiophene rings is 2. The number of aromatic hydroxyl groups is 1. The monoisotopic (exact) mass is 468 g/mol. The van der Waals surface area contributed by atoms with Crippen LogP contribution in [0.1, 0.15) is 37.4 Å². The number of hydrogen-bond acceptors (Lipinski definition) is 7. The number of amides is 1. The predicted molar refractivity (Wildman–Crippen MR) is 112 cm³/mol. The van der Waals surface area contributed by atoms with Crippen molar-refractivity contribution in [3.05, 3.63) is 62.7 Å². The van der Waals surface area contributed by atoms with Gasteiger partial charge in [-0.3, -0.25) is 4.79 Å². The average Bonchev–Trinajstić information content (AvgIpc) is 3.38. The van der Waals surface area contributed by atoms with E-state index < -0.39 is 23.6 Å². The van der Waals surface area contributed by atoms with E-state index in [1.165, 1.54) is 31.4 Å². The van der Waals surface area contributed by atoms with Crippen LogP contribution in [0.25, 0.3) is 10.4 Å². The van der Waals surface area contributed by atoms with Crippen molar-refractivity contribution in [3.63, 3.8) is 0 Å². The minimum atomic E-state index is -4.44. The van der Waals surface area contributed by atoms with Crippen LogP contribution in [0.4, 0.5) is 13.2 Å². The van der Waals surface area contributed by atoms with Gasteiger partial charge in [0, 0.05) is 5.38 Å². The van der Waals surface area contributed by atoms with E-state index >= 15 is 0 Å². The lowest BCUT2D eigenvalue weighted by molar-refractivity contribution is -0.137. The quantitative estimate of drug-likeness (QED) is 0.308. The van der Waals surface area contributed by atoms with Crippen LogP contribution >= 0.6 is 22.7 Å². The van der Waals surface area contributed by atoms with Gasteiger partial charge in [-0.1, -0.05) is 12.1 Å². The zero-order valence-electron chi connectivity index (χ0n) is 16.1. The molecule has 2 N–H and O–H groups in total. The molecule has 2 heterocycles. The third-order valence-corrected chi connectivity index (χ3v) is 6.25. The Morgan fingerprint density at radius 2 is 1.74 bits per heavy atom. The zero-order valence-corrected chi connectivity index (χ0v) is 17.7. The number of nitrogens with zero attached hydrogens (tertiary/aromatic N) is 1. The van der Waals surface area contributed by atoms with E-state index in [1.54, 1.807) is 12.3 Å². The number of alkyl halides is 3. The van der Waals surface area contributed by atoms with E-state index in [2.05, 4.69) is 15.3 Å². The third kappa shape index (κ3) is 4.94. The summed E-state index contributed by atoms with van der Waals surface area (Å²) in [5.74, 6) is -1.25. The first-order valence-electron chi connectivity index (χ1n) is 8.63. The second-order valence-electron chi connectivity index (χ2n) is 6.20. The molecule has 1 aromatic carbocycles. The van der Waals surface area contributed by atoms with Gasteiger partial charge < -0.3 is 9.84 Å². The van der Waals surface area contributed by atoms with Gasteiger partial charge in [0.05, 0.1) is 33.7 Å². The average molecular weight is 468 g/mol. The van der Waals surface area contributed by atoms with Crippen molar-refractivity contribution >= 4 is 40.3 Å². The van der Waals surface area contributed by atoms with Gasteiger partial charge in [-0.05, 0) is 36.8 Å². The van der Waals surface area contributed by atoms with Gasteiger partial charge in [-0.25, -0.2) is 10.2 Å². The number of methoxy groups -OCH3 is 1. The Kier molecular flexibility index (Phi) is 6.46. The van der Waals surface area contributed by atoms with Gasteiger partial charge in [0.15, 0.2) is 0 Å². The smallest absolute Gasteiger partial charge is 0.416 e. The molecular formula is C20H15F3N2O4S2. The second kappa shape index (κ2) is 8.90. The Morgan fingerprint density at radius 3 is 2.35 bits per heavy atom. The molecule has 0 aliphatic carbocycles. The molecule has 2 aromatic heterocycles. The Balaban J connectivity index is 1.75. The fourth-order valence-corrected chi connectivity index (χ4v) is 4.37. The van der Waals surface area contributed by atoms with Crippen molar-refractivity contribution in [2.75, 3.05) is 7.11 Å². The zero-order chi connectivity index (χ0) is 22.8. The molecule has 1 amide bonds. The Labute approximate surface area is 182 Å². The molecule has 31 heavy (non-hydrogen) atoms. The van der Waals surface area contributed by atoms with E-state index in [1.807, 2.05) is 0 Å². The van der Waals surface area contributed by atoms with Crippen molar-refractivity contribution in [2.24, 2.45) is 5.10 Å². The normalized spacial score (nSPS) is 12.0. The third-order valence-electron chi connectivity index (χ3n) is 4.17. The summed E-state index contributed by atoms with van der Waals surface area (Å²) in [6.45, 7) is 1.56. The molecule has 3 rings (SSSR count). The number of esters is 1. The van der Waals surface area contributed by atoms with Gasteiger partial charge in [-0.15, -0.1) is 22.7 Å². The number of hydrogen-bond donors (Lipinski definition) is 2. The second-order valence-corrected chi connectivity index (χ2v) is 8.16. The SMILES string of the molecule is COC(=O)c1ccc(C(=O)N/N=C(\C)c2csc(-c3ccc(C(F)(F)F)cc3)c2O)s1. The molecule has 0 aliphatic heterocycles. The Bertz CT molecular complexity index is 1150. The first-order chi connectivity index (χ1) is 14.6. The minimum Gasteiger partial charge on any atom is -0.506 e. The lowest BCUT2D eigenvalue weighted by atomic mass is 10.1. The van der Waals surface area contributed by atoms with E-state index in [4.69, 9.17) is 0 Å². The molecule has 11 heteroatoms. The summed E-state index contributed by atoms with van der Waals surface area (Å²) < 4.78 is 42.8. The summed E-state index contributed by atoms with van der Waals surface area (Å²) in [6.07, 6.45) is -4.44. The van der Waals surface area contributed by atoms with Crippen LogP contribution in [0.3, 0.4) is 0 Å². The summed E-state index contributed by atoms with van der Waals surface area (Å²) in [6, 6.07) is 7.37. The molecule has 0 spiro atoms. The molecular weight excluding hydrogens is 453 g/mol. The van der Waals surface area contributed by atoms with Crippen molar-refractivity contribution in [1.29, 1.82) is 0 Å². The number of nitrogens with one attached hydrogen (secondary N) is 1. The predicted octanol–water partition coefficient (Wildman–Crippen LogP) is 5.14.